The third kappa shape index (κ3) is 3.92. The van der Waals surface area contributed by atoms with Gasteiger partial charge >= 0.3 is 0 Å². The van der Waals surface area contributed by atoms with Crippen LogP contribution in [0.25, 0.3) is 11.0 Å². The summed E-state index contributed by atoms with van der Waals surface area (Å²) in [5.74, 6) is -0.416. The van der Waals surface area contributed by atoms with Crippen molar-refractivity contribution in [1.82, 2.24) is 19.1 Å². The molecule has 0 unspecified atom stereocenters. The highest BCUT2D eigenvalue weighted by atomic mass is 35.5. The van der Waals surface area contributed by atoms with Crippen LogP contribution < -0.4 is 5.32 Å². The van der Waals surface area contributed by atoms with E-state index in [-0.39, 0.29) is 15.6 Å². The molecule has 1 amide bonds. The molecular weight excluding hydrogens is 426 g/mol. The number of amides is 1. The van der Waals surface area contributed by atoms with E-state index in [2.05, 4.69) is 15.4 Å². The fourth-order valence-corrected chi connectivity index (χ4v) is 5.06. The number of carbonyl (C=O) groups excluding carboxylic acids is 1. The number of hydrogen-bond acceptors (Lipinski definition) is 5. The first-order valence-corrected chi connectivity index (χ1v) is 11.3. The van der Waals surface area contributed by atoms with Crippen LogP contribution in [0, 0.1) is 13.8 Å². The zero-order valence-electron chi connectivity index (χ0n) is 17.5. The topological polar surface area (TPSA) is 97.2 Å². The third-order valence-electron chi connectivity index (χ3n) is 4.87. The molecule has 0 fully saturated rings. The molecular formula is C20H24ClN5O3S. The molecule has 3 rings (SSSR count). The second kappa shape index (κ2) is 8.33. The smallest absolute Gasteiger partial charge is 0.256 e. The normalized spacial score (nSPS) is 12.0. The largest absolute Gasteiger partial charge is 0.321 e. The van der Waals surface area contributed by atoms with Crippen LogP contribution in [0.1, 0.15) is 35.6 Å². The van der Waals surface area contributed by atoms with Crippen molar-refractivity contribution in [2.75, 3.05) is 18.4 Å². The fraction of sp³-hybridized carbons (Fsp3) is 0.350. The number of anilines is 1. The first kappa shape index (κ1) is 22.2. The minimum atomic E-state index is -3.69. The first-order chi connectivity index (χ1) is 14.1. The first-order valence-electron chi connectivity index (χ1n) is 9.52. The standard InChI is InChI=1S/C20H24ClN5O3S/c1-6-26(7-2)30(28,29)14-8-9-16(21)17(11-14)23-20(27)15-10-12(3)22-19-18(15)13(4)24-25(19)5/h8-11H,6-7H2,1-5H3,(H,23,27). The highest BCUT2D eigenvalue weighted by Gasteiger charge is 2.24. The maximum absolute atomic E-state index is 13.1. The van der Waals surface area contributed by atoms with Gasteiger partial charge in [-0.2, -0.15) is 9.40 Å². The molecule has 1 aromatic carbocycles. The molecule has 10 heteroatoms. The van der Waals surface area contributed by atoms with Crippen LogP contribution in [0.3, 0.4) is 0 Å². The molecule has 3 aromatic rings. The Balaban J connectivity index is 2.04. The highest BCUT2D eigenvalue weighted by molar-refractivity contribution is 7.89. The van der Waals surface area contributed by atoms with Crippen molar-refractivity contribution in [2.45, 2.75) is 32.6 Å². The van der Waals surface area contributed by atoms with Gasteiger partial charge in [-0.05, 0) is 38.1 Å². The molecule has 0 aliphatic carbocycles. The second-order valence-corrected chi connectivity index (χ2v) is 9.25. The minimum absolute atomic E-state index is 0.0690. The van der Waals surface area contributed by atoms with Crippen molar-refractivity contribution in [3.05, 3.63) is 46.2 Å². The Morgan fingerprint density at radius 2 is 1.87 bits per heavy atom. The van der Waals surface area contributed by atoms with Gasteiger partial charge in [0.15, 0.2) is 5.65 Å². The van der Waals surface area contributed by atoms with Crippen LogP contribution in [0.15, 0.2) is 29.2 Å². The Morgan fingerprint density at radius 3 is 2.50 bits per heavy atom. The van der Waals surface area contributed by atoms with E-state index < -0.39 is 15.9 Å². The number of hydrogen-bond donors (Lipinski definition) is 1. The van der Waals surface area contributed by atoms with Gasteiger partial charge in [0.25, 0.3) is 5.91 Å². The van der Waals surface area contributed by atoms with Gasteiger partial charge in [-0.3, -0.25) is 9.48 Å². The molecule has 0 radical (unpaired) electrons. The molecule has 160 valence electrons. The van der Waals surface area contributed by atoms with Crippen LogP contribution in [-0.4, -0.2) is 46.5 Å². The van der Waals surface area contributed by atoms with Crippen LogP contribution in [0.4, 0.5) is 5.69 Å². The molecule has 0 saturated heterocycles. The number of aromatic nitrogens is 3. The Hall–Kier alpha value is -2.49. The number of nitrogens with zero attached hydrogens (tertiary/aromatic N) is 4. The third-order valence-corrected chi connectivity index (χ3v) is 7.25. The lowest BCUT2D eigenvalue weighted by Gasteiger charge is -2.19. The summed E-state index contributed by atoms with van der Waals surface area (Å²) in [4.78, 5) is 17.6. The summed E-state index contributed by atoms with van der Waals surface area (Å²) >= 11 is 6.26. The summed E-state index contributed by atoms with van der Waals surface area (Å²) in [6.07, 6.45) is 0. The van der Waals surface area contributed by atoms with E-state index in [1.807, 2.05) is 0 Å². The zero-order chi connectivity index (χ0) is 22.2. The van der Waals surface area contributed by atoms with Crippen LogP contribution in [0.5, 0.6) is 0 Å². The van der Waals surface area contributed by atoms with Crippen molar-refractivity contribution >= 4 is 44.3 Å². The predicted molar refractivity (Wildman–Crippen MR) is 117 cm³/mol. The van der Waals surface area contributed by atoms with E-state index in [0.29, 0.717) is 41.1 Å². The summed E-state index contributed by atoms with van der Waals surface area (Å²) < 4.78 is 28.6. The molecule has 2 aromatic heterocycles. The number of rotatable bonds is 6. The lowest BCUT2D eigenvalue weighted by molar-refractivity contribution is 0.102. The molecule has 0 spiro atoms. The second-order valence-electron chi connectivity index (χ2n) is 6.90. The lowest BCUT2D eigenvalue weighted by Crippen LogP contribution is -2.30. The maximum atomic E-state index is 13.1. The van der Waals surface area contributed by atoms with Crippen molar-refractivity contribution < 1.29 is 13.2 Å². The van der Waals surface area contributed by atoms with E-state index in [1.165, 1.54) is 22.5 Å². The summed E-state index contributed by atoms with van der Waals surface area (Å²) in [5.41, 5.74) is 2.56. The number of pyridine rings is 1. The summed E-state index contributed by atoms with van der Waals surface area (Å²) in [6, 6.07) is 5.97. The SMILES string of the molecule is CCN(CC)S(=O)(=O)c1ccc(Cl)c(NC(=O)c2cc(C)nc3c2c(C)nn3C)c1. The summed E-state index contributed by atoms with van der Waals surface area (Å²) in [5, 5.41) is 7.98. The van der Waals surface area contributed by atoms with E-state index in [4.69, 9.17) is 11.6 Å². The number of sulfonamides is 1. The van der Waals surface area contributed by atoms with Crippen molar-refractivity contribution in [3.8, 4) is 0 Å². The molecule has 0 saturated carbocycles. The van der Waals surface area contributed by atoms with Gasteiger partial charge in [0, 0.05) is 25.8 Å². The number of nitrogens with one attached hydrogen (secondary N) is 1. The molecule has 0 atom stereocenters. The van der Waals surface area contributed by atoms with Crippen LogP contribution in [-0.2, 0) is 17.1 Å². The maximum Gasteiger partial charge on any atom is 0.256 e. The molecule has 0 bridgehead atoms. The van der Waals surface area contributed by atoms with Crippen LogP contribution >= 0.6 is 11.6 Å². The average molecular weight is 450 g/mol. The van der Waals surface area contributed by atoms with E-state index in [1.54, 1.807) is 45.5 Å². The van der Waals surface area contributed by atoms with Gasteiger partial charge in [-0.25, -0.2) is 13.4 Å². The van der Waals surface area contributed by atoms with Gasteiger partial charge in [-0.1, -0.05) is 25.4 Å². The van der Waals surface area contributed by atoms with E-state index in [9.17, 15) is 13.2 Å². The van der Waals surface area contributed by atoms with Crippen molar-refractivity contribution in [2.24, 2.45) is 7.05 Å². The Bertz CT molecular complexity index is 1230. The minimum Gasteiger partial charge on any atom is -0.321 e. The predicted octanol–water partition coefficient (Wildman–Crippen LogP) is 3.52. The van der Waals surface area contributed by atoms with Gasteiger partial charge in [0.2, 0.25) is 10.0 Å². The van der Waals surface area contributed by atoms with Gasteiger partial charge in [0.1, 0.15) is 0 Å². The van der Waals surface area contributed by atoms with Gasteiger partial charge in [-0.15, -0.1) is 0 Å². The van der Waals surface area contributed by atoms with Crippen LogP contribution in [0.2, 0.25) is 5.02 Å². The number of aryl methyl sites for hydroxylation is 3. The Kier molecular flexibility index (Phi) is 6.16. The van der Waals surface area contributed by atoms with Gasteiger partial charge < -0.3 is 5.32 Å². The molecule has 0 aliphatic rings. The molecule has 1 N–H and O–H groups in total. The molecule has 30 heavy (non-hydrogen) atoms. The fourth-order valence-electron chi connectivity index (χ4n) is 3.41. The highest BCUT2D eigenvalue weighted by Crippen LogP contribution is 2.29. The number of benzene rings is 1. The number of carbonyl (C=O) groups is 1. The average Bonchev–Trinajstić information content (AvgIpc) is 2.97. The van der Waals surface area contributed by atoms with Crippen molar-refractivity contribution in [3.63, 3.8) is 0 Å². The van der Waals surface area contributed by atoms with Crippen molar-refractivity contribution in [1.29, 1.82) is 0 Å². The molecule has 8 nitrogen and oxygen atoms in total. The number of fused-ring (bicyclic) bond motifs is 1. The monoisotopic (exact) mass is 449 g/mol. The zero-order valence-corrected chi connectivity index (χ0v) is 19.1. The molecule has 2 heterocycles. The van der Waals surface area contributed by atoms with E-state index in [0.717, 1.165) is 0 Å². The lowest BCUT2D eigenvalue weighted by atomic mass is 10.1. The summed E-state index contributed by atoms with van der Waals surface area (Å²) in [7, 11) is -1.92. The Morgan fingerprint density at radius 1 is 1.20 bits per heavy atom. The quantitative estimate of drug-likeness (QED) is 0.620. The summed E-state index contributed by atoms with van der Waals surface area (Å²) in [6.45, 7) is 7.83. The number of halogens is 1. The van der Waals surface area contributed by atoms with Gasteiger partial charge in [0.05, 0.1) is 32.2 Å². The Labute approximate surface area is 180 Å². The molecule has 0 aliphatic heterocycles. The van der Waals surface area contributed by atoms with E-state index >= 15 is 0 Å².